The highest BCUT2D eigenvalue weighted by molar-refractivity contribution is 5.79. The molecular weight excluding hydrogens is 436 g/mol. The molecule has 1 fully saturated rings. The monoisotopic (exact) mass is 478 g/mol. The molecule has 1 unspecified atom stereocenters. The van der Waals surface area contributed by atoms with E-state index >= 15 is 0 Å². The first-order chi connectivity index (χ1) is 16.8. The van der Waals surface area contributed by atoms with E-state index in [0.29, 0.717) is 11.7 Å². The van der Waals surface area contributed by atoms with Gasteiger partial charge in [-0.25, -0.2) is 0 Å². The maximum atomic E-state index is 13.2. The van der Waals surface area contributed by atoms with Crippen LogP contribution in [0.25, 0.3) is 0 Å². The third-order valence-corrected chi connectivity index (χ3v) is 8.29. The maximum Gasteiger partial charge on any atom is 0.223 e. The molecule has 1 heterocycles. The SMILES string of the molecule is CCC(CC(C)(C)N1CCC(c2cccc(O)c2)CC1)NC(=O)[C@H]1CCc2cc(OC)ccc2C1. The van der Waals surface area contributed by atoms with Crippen LogP contribution in [-0.2, 0) is 17.6 Å². The van der Waals surface area contributed by atoms with Gasteiger partial charge in [0.25, 0.3) is 0 Å². The van der Waals surface area contributed by atoms with Crippen LogP contribution in [0.15, 0.2) is 42.5 Å². The minimum absolute atomic E-state index is 0.0213. The van der Waals surface area contributed by atoms with Gasteiger partial charge in [-0.2, -0.15) is 0 Å². The number of likely N-dealkylation sites (tertiary alicyclic amines) is 1. The van der Waals surface area contributed by atoms with E-state index in [1.165, 1.54) is 16.7 Å². The van der Waals surface area contributed by atoms with E-state index in [0.717, 1.165) is 63.8 Å². The number of carbonyl (C=O) groups is 1. The van der Waals surface area contributed by atoms with Gasteiger partial charge in [-0.05, 0) is 119 Å². The lowest BCUT2D eigenvalue weighted by molar-refractivity contribution is -0.126. The van der Waals surface area contributed by atoms with E-state index in [1.54, 1.807) is 13.2 Å². The molecule has 1 saturated heterocycles. The summed E-state index contributed by atoms with van der Waals surface area (Å²) in [6.45, 7) is 8.90. The van der Waals surface area contributed by atoms with Gasteiger partial charge in [0.05, 0.1) is 7.11 Å². The van der Waals surface area contributed by atoms with Crippen LogP contribution in [0.2, 0.25) is 0 Å². The summed E-state index contributed by atoms with van der Waals surface area (Å²) in [5.41, 5.74) is 3.86. The molecule has 5 nitrogen and oxygen atoms in total. The molecule has 2 atom stereocenters. The molecule has 2 aliphatic rings. The van der Waals surface area contributed by atoms with Crippen molar-refractivity contribution in [2.24, 2.45) is 5.92 Å². The minimum atomic E-state index is 0.0213. The minimum Gasteiger partial charge on any atom is -0.508 e. The largest absolute Gasteiger partial charge is 0.508 e. The molecule has 4 rings (SSSR count). The van der Waals surface area contributed by atoms with Crippen LogP contribution in [0.1, 0.15) is 75.5 Å². The van der Waals surface area contributed by atoms with Crippen LogP contribution in [0.4, 0.5) is 0 Å². The number of amides is 1. The molecule has 190 valence electrons. The van der Waals surface area contributed by atoms with Crippen LogP contribution >= 0.6 is 0 Å². The van der Waals surface area contributed by atoms with E-state index in [1.807, 2.05) is 18.2 Å². The van der Waals surface area contributed by atoms with Crippen molar-refractivity contribution in [3.05, 3.63) is 59.2 Å². The Morgan fingerprint density at radius 1 is 1.14 bits per heavy atom. The molecule has 1 aliphatic carbocycles. The number of piperidine rings is 1. The number of nitrogens with one attached hydrogen (secondary N) is 1. The predicted octanol–water partition coefficient (Wildman–Crippen LogP) is 5.45. The highest BCUT2D eigenvalue weighted by Crippen LogP contribution is 2.34. The fraction of sp³-hybridized carbons (Fsp3) is 0.567. The number of carbonyl (C=O) groups excluding carboxylic acids is 1. The van der Waals surface area contributed by atoms with Crippen LogP contribution in [0.3, 0.4) is 0 Å². The lowest BCUT2D eigenvalue weighted by atomic mass is 9.82. The topological polar surface area (TPSA) is 61.8 Å². The van der Waals surface area contributed by atoms with Gasteiger partial charge in [-0.1, -0.05) is 25.1 Å². The molecule has 0 saturated carbocycles. The molecule has 5 heteroatoms. The summed E-state index contributed by atoms with van der Waals surface area (Å²) < 4.78 is 5.36. The van der Waals surface area contributed by atoms with Gasteiger partial charge in [-0.3, -0.25) is 9.69 Å². The van der Waals surface area contributed by atoms with Crippen molar-refractivity contribution in [2.75, 3.05) is 20.2 Å². The zero-order valence-electron chi connectivity index (χ0n) is 21.8. The lowest BCUT2D eigenvalue weighted by Gasteiger charge is -2.45. The molecule has 35 heavy (non-hydrogen) atoms. The van der Waals surface area contributed by atoms with Gasteiger partial charge in [-0.15, -0.1) is 0 Å². The molecule has 0 spiro atoms. The number of phenolic OH excluding ortho intramolecular Hbond substituents is 1. The number of ether oxygens (including phenoxy) is 1. The Kier molecular flexibility index (Phi) is 8.05. The highest BCUT2D eigenvalue weighted by atomic mass is 16.5. The second kappa shape index (κ2) is 11.0. The number of methoxy groups -OCH3 is 1. The van der Waals surface area contributed by atoms with Crippen LogP contribution in [0, 0.1) is 5.92 Å². The molecule has 2 aromatic carbocycles. The van der Waals surface area contributed by atoms with Crippen molar-refractivity contribution < 1.29 is 14.6 Å². The average Bonchev–Trinajstić information content (AvgIpc) is 2.87. The quantitative estimate of drug-likeness (QED) is 0.530. The average molecular weight is 479 g/mol. The van der Waals surface area contributed by atoms with E-state index in [4.69, 9.17) is 4.74 Å². The van der Waals surface area contributed by atoms with Crippen LogP contribution in [0.5, 0.6) is 11.5 Å². The third kappa shape index (κ3) is 6.19. The Hall–Kier alpha value is -2.53. The summed E-state index contributed by atoms with van der Waals surface area (Å²) in [5.74, 6) is 2.01. The Labute approximate surface area is 210 Å². The Balaban J connectivity index is 1.30. The number of aromatic hydroxyl groups is 1. The number of phenols is 1. The van der Waals surface area contributed by atoms with Gasteiger partial charge in [0.2, 0.25) is 5.91 Å². The number of hydrogen-bond acceptors (Lipinski definition) is 4. The maximum absolute atomic E-state index is 13.2. The van der Waals surface area contributed by atoms with Gasteiger partial charge < -0.3 is 15.2 Å². The summed E-state index contributed by atoms with van der Waals surface area (Å²) in [5, 5.41) is 13.2. The Bertz CT molecular complexity index is 1010. The summed E-state index contributed by atoms with van der Waals surface area (Å²) in [6.07, 6.45) is 6.73. The van der Waals surface area contributed by atoms with E-state index in [2.05, 4.69) is 49.2 Å². The van der Waals surface area contributed by atoms with Crippen molar-refractivity contribution in [2.45, 2.75) is 83.2 Å². The third-order valence-electron chi connectivity index (χ3n) is 8.29. The molecule has 2 aromatic rings. The Morgan fingerprint density at radius 2 is 1.91 bits per heavy atom. The molecule has 0 bridgehead atoms. The van der Waals surface area contributed by atoms with Crippen molar-refractivity contribution >= 4 is 5.91 Å². The second-order valence-corrected chi connectivity index (χ2v) is 11.1. The molecule has 1 aliphatic heterocycles. The molecular formula is C30H42N2O3. The number of aryl methyl sites for hydroxylation is 1. The number of nitrogens with zero attached hydrogens (tertiary/aromatic N) is 1. The Morgan fingerprint density at radius 3 is 2.60 bits per heavy atom. The van der Waals surface area contributed by atoms with E-state index in [9.17, 15) is 9.90 Å². The number of benzene rings is 2. The van der Waals surface area contributed by atoms with Crippen LogP contribution < -0.4 is 10.1 Å². The standard InChI is InChI=1S/C30H42N2O3/c1-5-26(31-29(34)25-10-9-24-19-28(35-4)12-11-23(24)17-25)20-30(2,3)32-15-13-21(14-16-32)22-7-6-8-27(33)18-22/h6-8,11-12,18-19,21,25-26,33H,5,9-10,13-17,20H2,1-4H3,(H,31,34)/t25-,26?/m0/s1. The van der Waals surface area contributed by atoms with Crippen molar-refractivity contribution in [3.8, 4) is 11.5 Å². The zero-order valence-corrected chi connectivity index (χ0v) is 21.8. The van der Waals surface area contributed by atoms with Crippen molar-refractivity contribution in [3.63, 3.8) is 0 Å². The zero-order chi connectivity index (χ0) is 25.0. The predicted molar refractivity (Wildman–Crippen MR) is 141 cm³/mol. The second-order valence-electron chi connectivity index (χ2n) is 11.1. The number of fused-ring (bicyclic) bond motifs is 1. The van der Waals surface area contributed by atoms with Gasteiger partial charge in [0, 0.05) is 17.5 Å². The van der Waals surface area contributed by atoms with E-state index < -0.39 is 0 Å². The first-order valence-corrected chi connectivity index (χ1v) is 13.3. The smallest absolute Gasteiger partial charge is 0.223 e. The summed E-state index contributed by atoms with van der Waals surface area (Å²) in [4.78, 5) is 15.8. The van der Waals surface area contributed by atoms with Gasteiger partial charge >= 0.3 is 0 Å². The number of rotatable bonds is 8. The first kappa shape index (κ1) is 25.6. The van der Waals surface area contributed by atoms with Crippen LogP contribution in [-0.4, -0.2) is 47.7 Å². The fourth-order valence-corrected chi connectivity index (χ4v) is 6.03. The molecule has 0 radical (unpaired) electrons. The molecule has 0 aromatic heterocycles. The van der Waals surface area contributed by atoms with Gasteiger partial charge in [0.1, 0.15) is 11.5 Å². The van der Waals surface area contributed by atoms with Gasteiger partial charge in [0.15, 0.2) is 0 Å². The molecule has 2 N–H and O–H groups in total. The normalized spacial score (nSPS) is 20.2. The summed E-state index contributed by atoms with van der Waals surface area (Å²) in [7, 11) is 1.70. The lowest BCUT2D eigenvalue weighted by Crippen LogP contribution is -2.52. The van der Waals surface area contributed by atoms with Crippen molar-refractivity contribution in [1.82, 2.24) is 10.2 Å². The van der Waals surface area contributed by atoms with Crippen molar-refractivity contribution in [1.29, 1.82) is 0 Å². The first-order valence-electron chi connectivity index (χ1n) is 13.3. The number of hydrogen-bond donors (Lipinski definition) is 2. The highest BCUT2D eigenvalue weighted by Gasteiger charge is 2.34. The van der Waals surface area contributed by atoms with E-state index in [-0.39, 0.29) is 23.4 Å². The summed E-state index contributed by atoms with van der Waals surface area (Å²) in [6, 6.07) is 14.1. The molecule has 1 amide bonds. The summed E-state index contributed by atoms with van der Waals surface area (Å²) >= 11 is 0. The fourth-order valence-electron chi connectivity index (χ4n) is 6.03.